The lowest BCUT2D eigenvalue weighted by Crippen LogP contribution is -2.30. The summed E-state index contributed by atoms with van der Waals surface area (Å²) >= 11 is 0. The molecular weight excluding hydrogens is 196 g/mol. The molecule has 0 aliphatic rings. The minimum absolute atomic E-state index is 0.322. The predicted molar refractivity (Wildman–Crippen MR) is 73.6 cm³/mol. The van der Waals surface area contributed by atoms with Gasteiger partial charge in [0.2, 0.25) is 0 Å². The molecule has 0 amide bonds. The third-order valence-electron chi connectivity index (χ3n) is 2.94. The minimum atomic E-state index is 0.322. The van der Waals surface area contributed by atoms with E-state index in [0.717, 1.165) is 6.54 Å². The molecule has 0 spiro atoms. The van der Waals surface area contributed by atoms with Gasteiger partial charge < -0.3 is 10.6 Å². The average Bonchev–Trinajstić information content (AvgIpc) is 2.10. The number of hydrogen-bond donors (Lipinski definition) is 1. The largest absolute Gasteiger partial charge is 0.330 e. The van der Waals surface area contributed by atoms with Crippen molar-refractivity contribution in [2.24, 2.45) is 16.6 Å². The van der Waals surface area contributed by atoms with Gasteiger partial charge >= 0.3 is 0 Å². The van der Waals surface area contributed by atoms with Gasteiger partial charge in [-0.3, -0.25) is 0 Å². The van der Waals surface area contributed by atoms with Crippen molar-refractivity contribution in [3.8, 4) is 0 Å². The van der Waals surface area contributed by atoms with Crippen molar-refractivity contribution in [3.63, 3.8) is 0 Å². The number of nitrogens with zero attached hydrogens (tertiary/aromatic N) is 1. The van der Waals surface area contributed by atoms with Crippen molar-refractivity contribution < 1.29 is 0 Å². The van der Waals surface area contributed by atoms with Gasteiger partial charge in [-0.1, -0.05) is 41.0 Å². The maximum atomic E-state index is 5.72. The maximum absolute atomic E-state index is 5.72. The molecule has 0 saturated heterocycles. The van der Waals surface area contributed by atoms with E-state index in [-0.39, 0.29) is 0 Å². The van der Waals surface area contributed by atoms with E-state index in [2.05, 4.69) is 46.6 Å². The molecule has 0 aliphatic heterocycles. The second-order valence-electron chi connectivity index (χ2n) is 7.12. The molecular formula is C14H32N2. The third kappa shape index (κ3) is 9.17. The Hall–Kier alpha value is -0.0800. The van der Waals surface area contributed by atoms with Crippen LogP contribution in [0.5, 0.6) is 0 Å². The second-order valence-corrected chi connectivity index (χ2v) is 7.12. The Bertz CT molecular complexity index is 180. The van der Waals surface area contributed by atoms with Crippen molar-refractivity contribution in [3.05, 3.63) is 0 Å². The molecule has 98 valence electrons. The lowest BCUT2D eigenvalue weighted by Gasteiger charge is -2.27. The zero-order valence-electron chi connectivity index (χ0n) is 12.3. The summed E-state index contributed by atoms with van der Waals surface area (Å²) in [7, 11) is 2.22. The Balaban J connectivity index is 3.60. The van der Waals surface area contributed by atoms with E-state index in [1.165, 1.54) is 32.4 Å². The highest BCUT2D eigenvalue weighted by atomic mass is 15.1. The highest BCUT2D eigenvalue weighted by Gasteiger charge is 2.16. The van der Waals surface area contributed by atoms with Gasteiger partial charge in [0, 0.05) is 6.54 Å². The van der Waals surface area contributed by atoms with Crippen molar-refractivity contribution in [1.82, 2.24) is 4.90 Å². The van der Waals surface area contributed by atoms with E-state index in [1.807, 2.05) is 0 Å². The van der Waals surface area contributed by atoms with Gasteiger partial charge in [0.1, 0.15) is 0 Å². The Morgan fingerprint density at radius 3 is 2.00 bits per heavy atom. The SMILES string of the molecule is CN(CCCCC(C)(C)CN)CC(C)(C)C. The van der Waals surface area contributed by atoms with Crippen LogP contribution in [0.25, 0.3) is 0 Å². The molecule has 0 radical (unpaired) electrons. The van der Waals surface area contributed by atoms with Crippen LogP contribution in [-0.2, 0) is 0 Å². The van der Waals surface area contributed by atoms with Crippen LogP contribution in [0, 0.1) is 10.8 Å². The van der Waals surface area contributed by atoms with Crippen LogP contribution in [0.4, 0.5) is 0 Å². The summed E-state index contributed by atoms with van der Waals surface area (Å²) in [5.74, 6) is 0. The summed E-state index contributed by atoms with van der Waals surface area (Å²) in [6, 6.07) is 0. The number of nitrogens with two attached hydrogens (primary N) is 1. The normalized spacial score (nSPS) is 13.5. The van der Waals surface area contributed by atoms with Crippen LogP contribution in [0.15, 0.2) is 0 Å². The van der Waals surface area contributed by atoms with Gasteiger partial charge in [0.15, 0.2) is 0 Å². The molecule has 0 aromatic rings. The first-order chi connectivity index (χ1) is 7.16. The van der Waals surface area contributed by atoms with E-state index < -0.39 is 0 Å². The van der Waals surface area contributed by atoms with Crippen molar-refractivity contribution in [2.75, 3.05) is 26.7 Å². The molecule has 0 aliphatic carbocycles. The fourth-order valence-corrected chi connectivity index (χ4v) is 1.98. The molecule has 0 aromatic carbocycles. The standard InChI is InChI=1S/C14H32N2/c1-13(2,3)12-16(6)10-8-7-9-14(4,5)11-15/h7-12,15H2,1-6H3. The van der Waals surface area contributed by atoms with Gasteiger partial charge in [0.05, 0.1) is 0 Å². The quantitative estimate of drug-likeness (QED) is 0.678. The zero-order valence-corrected chi connectivity index (χ0v) is 12.3. The van der Waals surface area contributed by atoms with Crippen LogP contribution in [0.1, 0.15) is 53.9 Å². The Labute approximate surface area is 103 Å². The molecule has 0 fully saturated rings. The fraction of sp³-hybridized carbons (Fsp3) is 1.00. The monoisotopic (exact) mass is 228 g/mol. The summed E-state index contributed by atoms with van der Waals surface area (Å²) in [6.07, 6.45) is 3.82. The van der Waals surface area contributed by atoms with Gasteiger partial charge in [-0.2, -0.15) is 0 Å². The molecule has 0 unspecified atom stereocenters. The summed E-state index contributed by atoms with van der Waals surface area (Å²) < 4.78 is 0. The van der Waals surface area contributed by atoms with Gasteiger partial charge in [-0.25, -0.2) is 0 Å². The summed E-state index contributed by atoms with van der Waals surface area (Å²) in [6.45, 7) is 14.6. The Kier molecular flexibility index (Phi) is 6.57. The zero-order chi connectivity index (χ0) is 12.8. The van der Waals surface area contributed by atoms with Crippen LogP contribution in [-0.4, -0.2) is 31.6 Å². The van der Waals surface area contributed by atoms with Crippen molar-refractivity contribution in [1.29, 1.82) is 0 Å². The van der Waals surface area contributed by atoms with Gasteiger partial charge in [0.25, 0.3) is 0 Å². The topological polar surface area (TPSA) is 29.3 Å². The lowest BCUT2D eigenvalue weighted by atomic mass is 9.87. The van der Waals surface area contributed by atoms with Crippen LogP contribution in [0.2, 0.25) is 0 Å². The average molecular weight is 228 g/mol. The van der Waals surface area contributed by atoms with Crippen molar-refractivity contribution >= 4 is 0 Å². The van der Waals surface area contributed by atoms with Crippen molar-refractivity contribution in [2.45, 2.75) is 53.9 Å². The fourth-order valence-electron chi connectivity index (χ4n) is 1.98. The number of unbranched alkanes of at least 4 members (excludes halogenated alkanes) is 1. The molecule has 0 atom stereocenters. The highest BCUT2D eigenvalue weighted by molar-refractivity contribution is 4.70. The van der Waals surface area contributed by atoms with Crippen LogP contribution < -0.4 is 5.73 Å². The minimum Gasteiger partial charge on any atom is -0.330 e. The molecule has 0 bridgehead atoms. The number of rotatable bonds is 7. The summed E-state index contributed by atoms with van der Waals surface area (Å²) in [5, 5.41) is 0. The molecule has 0 heterocycles. The van der Waals surface area contributed by atoms with Gasteiger partial charge in [-0.05, 0) is 43.8 Å². The molecule has 2 heteroatoms. The number of hydrogen-bond acceptors (Lipinski definition) is 2. The van der Waals surface area contributed by atoms with E-state index in [9.17, 15) is 0 Å². The Morgan fingerprint density at radius 2 is 1.56 bits per heavy atom. The maximum Gasteiger partial charge on any atom is 0.00270 e. The third-order valence-corrected chi connectivity index (χ3v) is 2.94. The first-order valence-corrected chi connectivity index (χ1v) is 6.55. The summed E-state index contributed by atoms with van der Waals surface area (Å²) in [5.41, 5.74) is 6.45. The second kappa shape index (κ2) is 6.61. The smallest absolute Gasteiger partial charge is 0.00270 e. The highest BCUT2D eigenvalue weighted by Crippen LogP contribution is 2.21. The molecule has 2 N–H and O–H groups in total. The van der Waals surface area contributed by atoms with E-state index in [1.54, 1.807) is 0 Å². The predicted octanol–water partition coefficient (Wildman–Crippen LogP) is 3.12. The van der Waals surface area contributed by atoms with E-state index >= 15 is 0 Å². The van der Waals surface area contributed by atoms with Crippen LogP contribution >= 0.6 is 0 Å². The molecule has 0 rings (SSSR count). The first-order valence-electron chi connectivity index (χ1n) is 6.55. The Morgan fingerprint density at radius 1 is 1.00 bits per heavy atom. The van der Waals surface area contributed by atoms with E-state index in [0.29, 0.717) is 10.8 Å². The molecule has 0 aromatic heterocycles. The molecule has 2 nitrogen and oxygen atoms in total. The van der Waals surface area contributed by atoms with Crippen LogP contribution in [0.3, 0.4) is 0 Å². The first kappa shape index (κ1) is 15.9. The lowest BCUT2D eigenvalue weighted by molar-refractivity contribution is 0.219. The molecule has 16 heavy (non-hydrogen) atoms. The van der Waals surface area contributed by atoms with Gasteiger partial charge in [-0.15, -0.1) is 0 Å². The molecule has 0 saturated carbocycles. The summed E-state index contributed by atoms with van der Waals surface area (Å²) in [4.78, 5) is 2.44. The van der Waals surface area contributed by atoms with E-state index in [4.69, 9.17) is 5.73 Å².